The Balaban J connectivity index is 1.58. The van der Waals surface area contributed by atoms with Crippen LogP contribution in [0, 0.1) is 11.6 Å². The van der Waals surface area contributed by atoms with Gasteiger partial charge in [0.25, 0.3) is 0 Å². The number of hydrogen-bond donors (Lipinski definition) is 1. The van der Waals surface area contributed by atoms with Crippen molar-refractivity contribution in [2.24, 2.45) is 0 Å². The highest BCUT2D eigenvalue weighted by Gasteiger charge is 2.05. The average Bonchev–Trinajstić information content (AvgIpc) is 2.90. The number of fused-ring (bicyclic) bond motifs is 1. The molecule has 6 heteroatoms. The number of rotatable bonds is 5. The van der Waals surface area contributed by atoms with E-state index in [1.807, 2.05) is 28.8 Å². The fourth-order valence-corrected chi connectivity index (χ4v) is 2.16. The molecule has 0 unspecified atom stereocenters. The van der Waals surface area contributed by atoms with Crippen molar-refractivity contribution in [3.05, 3.63) is 65.6 Å². The molecule has 0 saturated heterocycles. The summed E-state index contributed by atoms with van der Waals surface area (Å²) in [7, 11) is 0. The lowest BCUT2D eigenvalue weighted by molar-refractivity contribution is 0.567. The molecule has 3 rings (SSSR count). The summed E-state index contributed by atoms with van der Waals surface area (Å²) < 4.78 is 28.4. The van der Waals surface area contributed by atoms with Crippen LogP contribution < -0.4 is 5.32 Å². The minimum Gasteiger partial charge on any atom is -0.312 e. The Bertz CT molecular complexity index is 754. The van der Waals surface area contributed by atoms with E-state index in [4.69, 9.17) is 0 Å². The Morgan fingerprint density at radius 3 is 2.90 bits per heavy atom. The Kier molecular flexibility index (Phi) is 3.87. The van der Waals surface area contributed by atoms with E-state index in [1.54, 1.807) is 0 Å². The van der Waals surface area contributed by atoms with Crippen molar-refractivity contribution < 1.29 is 8.78 Å². The molecule has 4 nitrogen and oxygen atoms in total. The second-order valence-corrected chi connectivity index (χ2v) is 4.71. The first kappa shape index (κ1) is 13.6. The third kappa shape index (κ3) is 3.05. The average molecular weight is 288 g/mol. The van der Waals surface area contributed by atoms with Crippen molar-refractivity contribution in [3.63, 3.8) is 0 Å². The summed E-state index contributed by atoms with van der Waals surface area (Å²) in [6, 6.07) is 9.15. The van der Waals surface area contributed by atoms with E-state index in [-0.39, 0.29) is 6.54 Å². The SMILES string of the molecule is Fc1ccc(F)c(CNCCc2nnc3ccccn23)c1. The summed E-state index contributed by atoms with van der Waals surface area (Å²) >= 11 is 0. The number of hydrogen-bond acceptors (Lipinski definition) is 3. The molecule has 2 heterocycles. The van der Waals surface area contributed by atoms with Crippen LogP contribution in [0.25, 0.3) is 5.65 Å². The van der Waals surface area contributed by atoms with Gasteiger partial charge in [-0.05, 0) is 30.3 Å². The van der Waals surface area contributed by atoms with Crippen LogP contribution in [0.5, 0.6) is 0 Å². The monoisotopic (exact) mass is 288 g/mol. The van der Waals surface area contributed by atoms with Gasteiger partial charge in [0.1, 0.15) is 17.5 Å². The lowest BCUT2D eigenvalue weighted by Gasteiger charge is -2.05. The van der Waals surface area contributed by atoms with E-state index >= 15 is 0 Å². The third-order valence-corrected chi connectivity index (χ3v) is 3.23. The zero-order valence-corrected chi connectivity index (χ0v) is 11.3. The van der Waals surface area contributed by atoms with Crippen LogP contribution in [0.2, 0.25) is 0 Å². The fourth-order valence-electron chi connectivity index (χ4n) is 2.16. The summed E-state index contributed by atoms with van der Waals surface area (Å²) in [5.41, 5.74) is 1.12. The molecule has 0 amide bonds. The first-order chi connectivity index (χ1) is 10.2. The van der Waals surface area contributed by atoms with Gasteiger partial charge in [0.05, 0.1) is 0 Å². The van der Waals surface area contributed by atoms with E-state index in [9.17, 15) is 8.78 Å². The van der Waals surface area contributed by atoms with Gasteiger partial charge >= 0.3 is 0 Å². The Morgan fingerprint density at radius 1 is 1.10 bits per heavy atom. The van der Waals surface area contributed by atoms with Gasteiger partial charge in [-0.15, -0.1) is 10.2 Å². The standard InChI is InChI=1S/C15H14F2N4/c16-12-4-5-13(17)11(9-12)10-18-7-6-15-20-19-14-3-1-2-8-21(14)15/h1-5,8-9,18H,6-7,10H2. The lowest BCUT2D eigenvalue weighted by Crippen LogP contribution is -2.18. The smallest absolute Gasteiger partial charge is 0.160 e. The van der Waals surface area contributed by atoms with Crippen molar-refractivity contribution in [1.82, 2.24) is 19.9 Å². The maximum absolute atomic E-state index is 13.4. The second kappa shape index (κ2) is 5.97. The summed E-state index contributed by atoms with van der Waals surface area (Å²) in [5, 5.41) is 11.3. The van der Waals surface area contributed by atoms with E-state index in [2.05, 4.69) is 15.5 Å². The quantitative estimate of drug-likeness (QED) is 0.733. The largest absolute Gasteiger partial charge is 0.312 e. The van der Waals surface area contributed by atoms with Crippen molar-refractivity contribution >= 4 is 5.65 Å². The minimum absolute atomic E-state index is 0.278. The molecule has 2 aromatic heterocycles. The molecule has 0 aliphatic heterocycles. The van der Waals surface area contributed by atoms with Gasteiger partial charge < -0.3 is 5.32 Å². The van der Waals surface area contributed by atoms with E-state index in [0.29, 0.717) is 18.5 Å². The van der Waals surface area contributed by atoms with Gasteiger partial charge in [-0.1, -0.05) is 6.07 Å². The predicted molar refractivity (Wildman–Crippen MR) is 74.8 cm³/mol. The molecule has 3 aromatic rings. The van der Waals surface area contributed by atoms with Gasteiger partial charge in [0, 0.05) is 31.3 Å². The van der Waals surface area contributed by atoms with Gasteiger partial charge in [0.2, 0.25) is 0 Å². The minimum atomic E-state index is -0.434. The maximum Gasteiger partial charge on any atom is 0.160 e. The Hall–Kier alpha value is -2.34. The molecule has 1 aromatic carbocycles. The van der Waals surface area contributed by atoms with Gasteiger partial charge in [-0.2, -0.15) is 0 Å². The molecule has 0 saturated carbocycles. The summed E-state index contributed by atoms with van der Waals surface area (Å²) in [6.07, 6.45) is 2.55. The molecular formula is C15H14F2N4. The number of pyridine rings is 1. The molecule has 21 heavy (non-hydrogen) atoms. The van der Waals surface area contributed by atoms with Crippen LogP contribution >= 0.6 is 0 Å². The van der Waals surface area contributed by atoms with Gasteiger partial charge in [-0.3, -0.25) is 4.40 Å². The lowest BCUT2D eigenvalue weighted by atomic mass is 10.2. The van der Waals surface area contributed by atoms with Crippen LogP contribution in [0.4, 0.5) is 8.78 Å². The molecule has 0 radical (unpaired) electrons. The van der Waals surface area contributed by atoms with Crippen molar-refractivity contribution in [2.45, 2.75) is 13.0 Å². The first-order valence-electron chi connectivity index (χ1n) is 6.67. The highest BCUT2D eigenvalue weighted by molar-refractivity contribution is 5.37. The van der Waals surface area contributed by atoms with Crippen LogP contribution in [-0.4, -0.2) is 21.1 Å². The molecule has 0 atom stereocenters. The predicted octanol–water partition coefficient (Wildman–Crippen LogP) is 2.34. The number of benzene rings is 1. The Morgan fingerprint density at radius 2 is 2.00 bits per heavy atom. The highest BCUT2D eigenvalue weighted by atomic mass is 19.1. The van der Waals surface area contributed by atoms with E-state index < -0.39 is 11.6 Å². The topological polar surface area (TPSA) is 42.2 Å². The maximum atomic E-state index is 13.4. The van der Waals surface area contributed by atoms with Crippen LogP contribution in [0.1, 0.15) is 11.4 Å². The Labute approximate surface area is 120 Å². The molecule has 0 bridgehead atoms. The second-order valence-electron chi connectivity index (χ2n) is 4.71. The summed E-state index contributed by atoms with van der Waals surface area (Å²) in [5.74, 6) is -0.00806. The summed E-state index contributed by atoms with van der Waals surface area (Å²) in [4.78, 5) is 0. The highest BCUT2D eigenvalue weighted by Crippen LogP contribution is 2.09. The molecule has 0 aliphatic rings. The number of halogens is 2. The summed E-state index contributed by atoms with van der Waals surface area (Å²) in [6.45, 7) is 0.881. The number of nitrogens with zero attached hydrogens (tertiary/aromatic N) is 3. The molecule has 1 N–H and O–H groups in total. The molecule has 108 valence electrons. The first-order valence-corrected chi connectivity index (χ1v) is 6.67. The van der Waals surface area contributed by atoms with Crippen LogP contribution in [0.3, 0.4) is 0 Å². The molecular weight excluding hydrogens is 274 g/mol. The number of aromatic nitrogens is 3. The van der Waals surface area contributed by atoms with Gasteiger partial charge in [0.15, 0.2) is 5.65 Å². The van der Waals surface area contributed by atoms with E-state index in [1.165, 1.54) is 6.07 Å². The van der Waals surface area contributed by atoms with E-state index in [0.717, 1.165) is 23.6 Å². The van der Waals surface area contributed by atoms with Gasteiger partial charge in [-0.25, -0.2) is 8.78 Å². The molecule has 0 fully saturated rings. The molecule has 0 spiro atoms. The zero-order valence-electron chi connectivity index (χ0n) is 11.3. The van der Waals surface area contributed by atoms with Crippen molar-refractivity contribution in [2.75, 3.05) is 6.54 Å². The fraction of sp³-hybridized carbons (Fsp3) is 0.200. The van der Waals surface area contributed by atoms with Crippen molar-refractivity contribution in [1.29, 1.82) is 0 Å². The van der Waals surface area contributed by atoms with Crippen LogP contribution in [0.15, 0.2) is 42.6 Å². The normalized spacial score (nSPS) is 11.1. The van der Waals surface area contributed by atoms with Crippen molar-refractivity contribution in [3.8, 4) is 0 Å². The third-order valence-electron chi connectivity index (χ3n) is 3.23. The number of nitrogens with one attached hydrogen (secondary N) is 1. The van der Waals surface area contributed by atoms with Crippen LogP contribution in [-0.2, 0) is 13.0 Å². The zero-order chi connectivity index (χ0) is 14.7. The molecule has 0 aliphatic carbocycles.